The molecule has 0 aliphatic heterocycles. The van der Waals surface area contributed by atoms with Gasteiger partial charge >= 0.3 is 0 Å². The van der Waals surface area contributed by atoms with Crippen LogP contribution in [0, 0.1) is 13.8 Å². The lowest BCUT2D eigenvalue weighted by atomic mass is 10.0. The molecule has 0 aromatic heterocycles. The van der Waals surface area contributed by atoms with E-state index in [1.807, 2.05) is 6.08 Å². The van der Waals surface area contributed by atoms with Crippen LogP contribution in [0.15, 0.2) is 24.3 Å². The smallest absolute Gasteiger partial charge is 0.0409 e. The van der Waals surface area contributed by atoms with E-state index in [1.165, 1.54) is 22.3 Å². The van der Waals surface area contributed by atoms with E-state index in [-0.39, 0.29) is 0 Å². The molecule has 0 heterocycles. The second-order valence-electron chi connectivity index (χ2n) is 3.42. The Bertz CT molecular complexity index is 304. The first kappa shape index (κ1) is 10.3. The van der Waals surface area contributed by atoms with Gasteiger partial charge in [0.2, 0.25) is 0 Å². The van der Waals surface area contributed by atoms with E-state index in [0.29, 0.717) is 5.88 Å². The number of allylic oxidation sites excluding steroid dienone is 2. The van der Waals surface area contributed by atoms with Crippen molar-refractivity contribution in [3.63, 3.8) is 0 Å². The summed E-state index contributed by atoms with van der Waals surface area (Å²) in [5.74, 6) is 0.582. The van der Waals surface area contributed by atoms with Crippen LogP contribution in [0.2, 0.25) is 0 Å². The van der Waals surface area contributed by atoms with Gasteiger partial charge in [-0.1, -0.05) is 35.4 Å². The molecule has 0 atom stereocenters. The predicted octanol–water partition coefficient (Wildman–Crippen LogP) is 3.95. The first-order valence-electron chi connectivity index (χ1n) is 4.45. The highest BCUT2D eigenvalue weighted by atomic mass is 35.5. The van der Waals surface area contributed by atoms with Gasteiger partial charge in [-0.2, -0.15) is 0 Å². The Morgan fingerprint density at radius 3 is 2.23 bits per heavy atom. The molecule has 0 aliphatic carbocycles. The molecule has 0 saturated heterocycles. The molecule has 1 heteroatoms. The van der Waals surface area contributed by atoms with E-state index < -0.39 is 0 Å². The zero-order valence-electron chi connectivity index (χ0n) is 8.39. The van der Waals surface area contributed by atoms with Crippen LogP contribution < -0.4 is 0 Å². The van der Waals surface area contributed by atoms with E-state index in [9.17, 15) is 0 Å². The van der Waals surface area contributed by atoms with Crippen molar-refractivity contribution in [3.8, 4) is 0 Å². The second kappa shape index (κ2) is 4.48. The summed E-state index contributed by atoms with van der Waals surface area (Å²) < 4.78 is 0. The quantitative estimate of drug-likeness (QED) is 0.626. The van der Waals surface area contributed by atoms with Crippen LogP contribution in [0.25, 0.3) is 5.57 Å². The summed E-state index contributed by atoms with van der Waals surface area (Å²) in [5, 5.41) is 0. The SMILES string of the molecule is C/C(=C\CCl)c1cc(C)cc(C)c1. The molecule has 1 aromatic carbocycles. The molecule has 0 amide bonds. The lowest BCUT2D eigenvalue weighted by molar-refractivity contribution is 1.36. The molecule has 0 nitrogen and oxygen atoms in total. The first-order valence-corrected chi connectivity index (χ1v) is 4.98. The molecule has 13 heavy (non-hydrogen) atoms. The maximum Gasteiger partial charge on any atom is 0.0409 e. The predicted molar refractivity (Wildman–Crippen MR) is 60.3 cm³/mol. The molecule has 0 spiro atoms. The van der Waals surface area contributed by atoms with Crippen molar-refractivity contribution in [3.05, 3.63) is 41.0 Å². The third-order valence-corrected chi connectivity index (χ3v) is 2.21. The van der Waals surface area contributed by atoms with E-state index in [2.05, 4.69) is 39.0 Å². The van der Waals surface area contributed by atoms with Crippen molar-refractivity contribution < 1.29 is 0 Å². The van der Waals surface area contributed by atoms with Gasteiger partial charge in [-0.25, -0.2) is 0 Å². The zero-order valence-corrected chi connectivity index (χ0v) is 9.15. The van der Waals surface area contributed by atoms with Crippen molar-refractivity contribution in [2.45, 2.75) is 20.8 Å². The lowest BCUT2D eigenvalue weighted by Crippen LogP contribution is -1.84. The number of alkyl halides is 1. The third-order valence-electron chi connectivity index (χ3n) is 2.06. The fourth-order valence-corrected chi connectivity index (χ4v) is 1.67. The Morgan fingerprint density at radius 2 is 1.77 bits per heavy atom. The maximum absolute atomic E-state index is 5.65. The van der Waals surface area contributed by atoms with Gasteiger partial charge in [0, 0.05) is 5.88 Å². The van der Waals surface area contributed by atoms with E-state index >= 15 is 0 Å². The van der Waals surface area contributed by atoms with Crippen LogP contribution >= 0.6 is 11.6 Å². The van der Waals surface area contributed by atoms with Gasteiger partial charge in [0.05, 0.1) is 0 Å². The Labute approximate surface area is 85.2 Å². The Balaban J connectivity index is 3.08. The van der Waals surface area contributed by atoms with Gasteiger partial charge < -0.3 is 0 Å². The number of halogens is 1. The number of hydrogen-bond acceptors (Lipinski definition) is 0. The van der Waals surface area contributed by atoms with Crippen molar-refractivity contribution in [1.29, 1.82) is 0 Å². The Morgan fingerprint density at radius 1 is 1.23 bits per heavy atom. The first-order chi connectivity index (χ1) is 6.13. The highest BCUT2D eigenvalue weighted by Gasteiger charge is 1.97. The fraction of sp³-hybridized carbons (Fsp3) is 0.333. The molecule has 1 aromatic rings. The monoisotopic (exact) mass is 194 g/mol. The van der Waals surface area contributed by atoms with Crippen molar-refractivity contribution >= 4 is 17.2 Å². The minimum Gasteiger partial charge on any atom is -0.122 e. The topological polar surface area (TPSA) is 0 Å². The van der Waals surface area contributed by atoms with Crippen LogP contribution in [-0.4, -0.2) is 5.88 Å². The Kier molecular flexibility index (Phi) is 3.56. The summed E-state index contributed by atoms with van der Waals surface area (Å²) in [4.78, 5) is 0. The van der Waals surface area contributed by atoms with Crippen molar-refractivity contribution in [2.24, 2.45) is 0 Å². The normalized spacial score (nSPS) is 11.8. The number of hydrogen-bond donors (Lipinski definition) is 0. The van der Waals surface area contributed by atoms with Crippen LogP contribution in [0.3, 0.4) is 0 Å². The van der Waals surface area contributed by atoms with E-state index in [4.69, 9.17) is 11.6 Å². The molecular formula is C12H15Cl. The van der Waals surface area contributed by atoms with Gasteiger partial charge in [0.1, 0.15) is 0 Å². The van der Waals surface area contributed by atoms with Gasteiger partial charge in [-0.3, -0.25) is 0 Å². The van der Waals surface area contributed by atoms with Crippen LogP contribution in [0.4, 0.5) is 0 Å². The number of aryl methyl sites for hydroxylation is 2. The largest absolute Gasteiger partial charge is 0.122 e. The summed E-state index contributed by atoms with van der Waals surface area (Å²) in [5.41, 5.74) is 5.13. The summed E-state index contributed by atoms with van der Waals surface area (Å²) in [7, 11) is 0. The minimum atomic E-state index is 0.582. The number of rotatable bonds is 2. The van der Waals surface area contributed by atoms with Gasteiger partial charge in [-0.05, 0) is 31.9 Å². The number of benzene rings is 1. The molecule has 0 N–H and O–H groups in total. The van der Waals surface area contributed by atoms with Crippen LogP contribution in [0.5, 0.6) is 0 Å². The van der Waals surface area contributed by atoms with Crippen LogP contribution in [-0.2, 0) is 0 Å². The van der Waals surface area contributed by atoms with Gasteiger partial charge in [0.25, 0.3) is 0 Å². The van der Waals surface area contributed by atoms with Crippen molar-refractivity contribution in [1.82, 2.24) is 0 Å². The lowest BCUT2D eigenvalue weighted by Gasteiger charge is -2.04. The molecule has 70 valence electrons. The standard InChI is InChI=1S/C12H15Cl/c1-9-6-10(2)8-12(7-9)11(3)4-5-13/h4,6-8H,5H2,1-3H3/b11-4+. The minimum absolute atomic E-state index is 0.582. The average molecular weight is 195 g/mol. The molecule has 0 aliphatic rings. The van der Waals surface area contributed by atoms with E-state index in [1.54, 1.807) is 0 Å². The molecule has 1 rings (SSSR count). The molecule has 0 bridgehead atoms. The summed E-state index contributed by atoms with van der Waals surface area (Å²) in [6, 6.07) is 6.55. The summed E-state index contributed by atoms with van der Waals surface area (Å²) in [6.07, 6.45) is 2.04. The maximum atomic E-state index is 5.65. The second-order valence-corrected chi connectivity index (χ2v) is 3.73. The summed E-state index contributed by atoms with van der Waals surface area (Å²) >= 11 is 5.65. The van der Waals surface area contributed by atoms with Gasteiger partial charge in [0.15, 0.2) is 0 Å². The molecule has 0 radical (unpaired) electrons. The van der Waals surface area contributed by atoms with Gasteiger partial charge in [-0.15, -0.1) is 11.6 Å². The third kappa shape index (κ3) is 2.89. The zero-order chi connectivity index (χ0) is 9.84. The molecule has 0 saturated carbocycles. The Hall–Kier alpha value is -0.750. The summed E-state index contributed by atoms with van der Waals surface area (Å²) in [6.45, 7) is 6.32. The molecule has 0 unspecified atom stereocenters. The molecule has 0 fully saturated rings. The van der Waals surface area contributed by atoms with Crippen molar-refractivity contribution in [2.75, 3.05) is 5.88 Å². The van der Waals surface area contributed by atoms with Crippen LogP contribution in [0.1, 0.15) is 23.6 Å². The average Bonchev–Trinajstić information content (AvgIpc) is 2.03. The fourth-order valence-electron chi connectivity index (χ4n) is 1.44. The highest BCUT2D eigenvalue weighted by Crippen LogP contribution is 2.17. The van der Waals surface area contributed by atoms with E-state index in [0.717, 1.165) is 0 Å². The highest BCUT2D eigenvalue weighted by molar-refractivity contribution is 6.19. The molecular weight excluding hydrogens is 180 g/mol.